The van der Waals surface area contributed by atoms with Crippen molar-refractivity contribution < 1.29 is 0 Å². The van der Waals surface area contributed by atoms with E-state index >= 15 is 0 Å². The summed E-state index contributed by atoms with van der Waals surface area (Å²) in [6.45, 7) is 4.07. The lowest BCUT2D eigenvalue weighted by Gasteiger charge is -2.22. The normalized spacial score (nSPS) is 14.6. The molecule has 35 heavy (non-hydrogen) atoms. The fourth-order valence-electron chi connectivity index (χ4n) is 5.02. The smallest absolute Gasteiger partial charge is 0.282 e. The highest BCUT2D eigenvalue weighted by atomic mass is 79.9. The lowest BCUT2D eigenvalue weighted by molar-refractivity contribution is 0.416. The third kappa shape index (κ3) is 4.46. The molecule has 2 aromatic carbocycles. The molecule has 1 fully saturated rings. The first-order chi connectivity index (χ1) is 17.0. The number of halogens is 1. The van der Waals surface area contributed by atoms with Crippen LogP contribution in [0.2, 0.25) is 0 Å². The molecule has 6 nitrogen and oxygen atoms in total. The number of nitrogens with zero attached hydrogens (tertiary/aromatic N) is 5. The van der Waals surface area contributed by atoms with Crippen LogP contribution in [0.4, 0.5) is 0 Å². The zero-order valence-corrected chi connectivity index (χ0v) is 21.4. The Hall–Kier alpha value is -3.50. The number of fused-ring (bicyclic) bond motifs is 1. The molecule has 0 N–H and O–H groups in total. The molecule has 0 saturated heterocycles. The van der Waals surface area contributed by atoms with Crippen molar-refractivity contribution in [1.29, 1.82) is 5.26 Å². The van der Waals surface area contributed by atoms with Gasteiger partial charge in [0.25, 0.3) is 5.56 Å². The summed E-state index contributed by atoms with van der Waals surface area (Å²) < 4.78 is 4.48. The minimum atomic E-state index is -0.144. The second kappa shape index (κ2) is 9.63. The number of nitriles is 1. The van der Waals surface area contributed by atoms with E-state index in [4.69, 9.17) is 15.3 Å². The van der Waals surface area contributed by atoms with Crippen LogP contribution in [0, 0.1) is 25.2 Å². The van der Waals surface area contributed by atoms with Gasteiger partial charge in [-0.25, -0.2) is 4.98 Å². The van der Waals surface area contributed by atoms with Crippen LogP contribution in [0.5, 0.6) is 0 Å². The third-order valence-corrected chi connectivity index (χ3v) is 7.33. The summed E-state index contributed by atoms with van der Waals surface area (Å²) in [6, 6.07) is 17.4. The van der Waals surface area contributed by atoms with Crippen LogP contribution < -0.4 is 5.56 Å². The second-order valence-corrected chi connectivity index (χ2v) is 10.1. The molecule has 2 aromatic heterocycles. The quantitative estimate of drug-likeness (QED) is 0.289. The van der Waals surface area contributed by atoms with Crippen molar-refractivity contribution in [3.63, 3.8) is 0 Å². The molecule has 0 bridgehead atoms. The maximum absolute atomic E-state index is 13.6. The van der Waals surface area contributed by atoms with Gasteiger partial charge >= 0.3 is 0 Å². The van der Waals surface area contributed by atoms with Crippen LogP contribution in [0.25, 0.3) is 16.6 Å². The summed E-state index contributed by atoms with van der Waals surface area (Å²) >= 11 is 3.48. The largest absolute Gasteiger partial charge is 0.318 e. The van der Waals surface area contributed by atoms with Crippen molar-refractivity contribution in [1.82, 2.24) is 14.2 Å². The summed E-state index contributed by atoms with van der Waals surface area (Å²) in [5.74, 6) is 0.981. The lowest BCUT2D eigenvalue weighted by Crippen LogP contribution is -2.25. The van der Waals surface area contributed by atoms with Crippen molar-refractivity contribution in [2.75, 3.05) is 0 Å². The minimum absolute atomic E-state index is 0.144. The predicted molar refractivity (Wildman–Crippen MR) is 142 cm³/mol. The van der Waals surface area contributed by atoms with E-state index in [1.807, 2.05) is 56.3 Å². The van der Waals surface area contributed by atoms with Crippen LogP contribution in [0.3, 0.4) is 0 Å². The highest BCUT2D eigenvalue weighted by molar-refractivity contribution is 9.10. The molecular weight excluding hydrogens is 502 g/mol. The molecule has 1 aliphatic rings. The maximum Gasteiger partial charge on any atom is 0.282 e. The molecule has 4 aromatic rings. The zero-order valence-electron chi connectivity index (χ0n) is 19.8. The summed E-state index contributed by atoms with van der Waals surface area (Å²) in [6.07, 6.45) is 7.34. The maximum atomic E-state index is 13.6. The van der Waals surface area contributed by atoms with Gasteiger partial charge in [0.1, 0.15) is 5.82 Å². The van der Waals surface area contributed by atoms with Gasteiger partial charge < -0.3 is 4.57 Å². The number of rotatable bonds is 4. The number of aromatic nitrogens is 3. The van der Waals surface area contributed by atoms with E-state index in [2.05, 4.69) is 32.6 Å². The molecule has 0 spiro atoms. The number of hydrogen-bond donors (Lipinski definition) is 0. The topological polar surface area (TPSA) is 76.0 Å². The number of aryl methyl sites for hydroxylation is 1. The van der Waals surface area contributed by atoms with Crippen molar-refractivity contribution in [2.45, 2.75) is 51.9 Å². The molecule has 0 atom stereocenters. The van der Waals surface area contributed by atoms with Crippen molar-refractivity contribution >= 4 is 33.0 Å². The summed E-state index contributed by atoms with van der Waals surface area (Å²) in [5.41, 5.74) is 5.17. The molecule has 1 saturated carbocycles. The Balaban J connectivity index is 1.60. The molecule has 2 heterocycles. The van der Waals surface area contributed by atoms with Crippen LogP contribution >= 0.6 is 15.9 Å². The number of benzene rings is 2. The van der Waals surface area contributed by atoms with E-state index in [0.29, 0.717) is 16.5 Å². The van der Waals surface area contributed by atoms with Gasteiger partial charge in [-0.2, -0.15) is 15.0 Å². The first kappa shape index (κ1) is 23.3. The van der Waals surface area contributed by atoms with E-state index in [1.54, 1.807) is 6.21 Å². The lowest BCUT2D eigenvalue weighted by atomic mass is 9.88. The Labute approximate surface area is 212 Å². The van der Waals surface area contributed by atoms with Gasteiger partial charge in [0, 0.05) is 33.0 Å². The van der Waals surface area contributed by atoms with Crippen molar-refractivity contribution in [2.24, 2.45) is 5.10 Å². The molecule has 7 heteroatoms. The molecule has 176 valence electrons. The first-order valence-electron chi connectivity index (χ1n) is 11.9. The summed E-state index contributed by atoms with van der Waals surface area (Å²) in [5, 5.41) is 14.4. The van der Waals surface area contributed by atoms with Gasteiger partial charge in [0.05, 0.1) is 28.8 Å². The molecular formula is C28H26BrN5O. The predicted octanol–water partition coefficient (Wildman–Crippen LogP) is 6.37. The van der Waals surface area contributed by atoms with Crippen LogP contribution in [-0.4, -0.2) is 20.4 Å². The zero-order chi connectivity index (χ0) is 24.5. The highest BCUT2D eigenvalue weighted by Gasteiger charge is 2.22. The van der Waals surface area contributed by atoms with Gasteiger partial charge in [0.15, 0.2) is 0 Å². The Bertz CT molecular complexity index is 1530. The van der Waals surface area contributed by atoms with Crippen molar-refractivity contribution in [3.05, 3.63) is 91.7 Å². The minimum Gasteiger partial charge on any atom is -0.318 e. The van der Waals surface area contributed by atoms with Crippen LogP contribution in [0.1, 0.15) is 66.4 Å². The summed E-state index contributed by atoms with van der Waals surface area (Å²) in [7, 11) is 0. The SMILES string of the molecule is Cc1cc(C=Nn2c(C3CCCCC3)nc3ccc(Br)cc3c2=O)c(C)n1-c1ccc(C#N)cc1. The summed E-state index contributed by atoms with van der Waals surface area (Å²) in [4.78, 5) is 18.5. The number of hydrogen-bond acceptors (Lipinski definition) is 4. The van der Waals surface area contributed by atoms with E-state index < -0.39 is 0 Å². The third-order valence-electron chi connectivity index (χ3n) is 6.84. The van der Waals surface area contributed by atoms with Gasteiger partial charge in [-0.05, 0) is 75.2 Å². The molecule has 0 radical (unpaired) electrons. The van der Waals surface area contributed by atoms with Crippen LogP contribution in [-0.2, 0) is 0 Å². The average molecular weight is 528 g/mol. The Morgan fingerprint density at radius 2 is 1.83 bits per heavy atom. The van der Waals surface area contributed by atoms with Gasteiger partial charge in [-0.3, -0.25) is 4.79 Å². The Morgan fingerprint density at radius 3 is 2.54 bits per heavy atom. The van der Waals surface area contributed by atoms with E-state index in [9.17, 15) is 4.79 Å². The fourth-order valence-corrected chi connectivity index (χ4v) is 5.38. The fraction of sp³-hybridized carbons (Fsp3) is 0.286. The van der Waals surface area contributed by atoms with Gasteiger partial charge in [-0.15, -0.1) is 0 Å². The molecule has 1 aliphatic carbocycles. The average Bonchev–Trinajstić information content (AvgIpc) is 3.17. The van der Waals surface area contributed by atoms with Gasteiger partial charge in [0.2, 0.25) is 0 Å². The second-order valence-electron chi connectivity index (χ2n) is 9.15. The first-order valence-corrected chi connectivity index (χ1v) is 12.7. The molecule has 0 amide bonds. The van der Waals surface area contributed by atoms with E-state index in [1.165, 1.54) is 11.1 Å². The Kier molecular flexibility index (Phi) is 6.40. The monoisotopic (exact) mass is 527 g/mol. The molecule has 0 aliphatic heterocycles. The van der Waals surface area contributed by atoms with E-state index in [-0.39, 0.29) is 11.5 Å². The Morgan fingerprint density at radius 1 is 1.09 bits per heavy atom. The van der Waals surface area contributed by atoms with Crippen molar-refractivity contribution in [3.8, 4) is 11.8 Å². The van der Waals surface area contributed by atoms with E-state index in [0.717, 1.165) is 58.6 Å². The van der Waals surface area contributed by atoms with Crippen LogP contribution in [0.15, 0.2) is 62.9 Å². The highest BCUT2D eigenvalue weighted by Crippen LogP contribution is 2.32. The molecule has 5 rings (SSSR count). The van der Waals surface area contributed by atoms with Gasteiger partial charge in [-0.1, -0.05) is 35.2 Å². The molecule has 0 unspecified atom stereocenters. The standard InChI is InChI=1S/C28H26BrN5O/c1-18-14-22(19(2)33(18)24-11-8-20(16-30)9-12-24)17-31-34-27(21-6-4-3-5-7-21)32-26-13-10-23(29)15-25(26)28(34)35/h8-15,17,21H,3-7H2,1-2H3.